The lowest BCUT2D eigenvalue weighted by Crippen LogP contribution is -2.36. The Hall–Kier alpha value is -2.18. The first-order valence-corrected chi connectivity index (χ1v) is 10.4. The Balaban J connectivity index is 2.01. The van der Waals surface area contributed by atoms with Crippen molar-refractivity contribution < 1.29 is 8.42 Å². The van der Waals surface area contributed by atoms with Gasteiger partial charge in [0.2, 0.25) is 10.0 Å². The van der Waals surface area contributed by atoms with Gasteiger partial charge in [-0.1, -0.05) is 78.4 Å². The van der Waals surface area contributed by atoms with Crippen molar-refractivity contribution in [3.8, 4) is 0 Å². The summed E-state index contributed by atoms with van der Waals surface area (Å²) >= 11 is 6.06. The Bertz CT molecular complexity index is 962. The molecule has 3 aromatic rings. The molecule has 0 unspecified atom stereocenters. The maximum Gasteiger partial charge on any atom is 0.241 e. The van der Waals surface area contributed by atoms with Gasteiger partial charge in [-0.2, -0.15) is 0 Å². The number of hydrogen-bond acceptors (Lipinski definition) is 3. The van der Waals surface area contributed by atoms with Crippen molar-refractivity contribution in [3.05, 3.63) is 102 Å². The molecule has 0 fully saturated rings. The van der Waals surface area contributed by atoms with E-state index in [1.807, 2.05) is 67.6 Å². The summed E-state index contributed by atoms with van der Waals surface area (Å²) in [5.74, 6) is 0. The molecule has 2 N–H and O–H groups in total. The van der Waals surface area contributed by atoms with Gasteiger partial charge in [-0.05, 0) is 42.0 Å². The summed E-state index contributed by atoms with van der Waals surface area (Å²) in [4.78, 5) is 2.96. The van der Waals surface area contributed by atoms with E-state index in [0.29, 0.717) is 0 Å². The summed E-state index contributed by atoms with van der Waals surface area (Å²) in [6, 6.07) is 24.7. The maximum atomic E-state index is 13.0. The molecule has 140 valence electrons. The number of rotatable bonds is 7. The van der Waals surface area contributed by atoms with Crippen molar-refractivity contribution in [1.29, 1.82) is 0 Å². The van der Waals surface area contributed by atoms with Gasteiger partial charge in [-0.15, -0.1) is 0 Å². The van der Waals surface area contributed by atoms with Crippen LogP contribution < -0.4 is 9.56 Å². The minimum Gasteiger partial charge on any atom is -0.224 e. The first kappa shape index (κ1) is 19.6. The zero-order valence-corrected chi connectivity index (χ0v) is 16.4. The zero-order valence-electron chi connectivity index (χ0n) is 14.8. The average molecular weight is 401 g/mol. The molecule has 0 spiro atoms. The first-order chi connectivity index (χ1) is 13.0. The third-order valence-electron chi connectivity index (χ3n) is 4.38. The lowest BCUT2D eigenvalue weighted by atomic mass is 9.95. The summed E-state index contributed by atoms with van der Waals surface area (Å²) < 4.78 is 28.8. The minimum absolute atomic E-state index is 0.218. The van der Waals surface area contributed by atoms with Gasteiger partial charge in [0.05, 0.1) is 17.0 Å². The van der Waals surface area contributed by atoms with E-state index in [1.165, 1.54) is 0 Å². The summed E-state index contributed by atoms with van der Waals surface area (Å²) in [6.07, 6.45) is 0. The van der Waals surface area contributed by atoms with E-state index >= 15 is 0 Å². The van der Waals surface area contributed by atoms with Crippen LogP contribution in [0.1, 0.15) is 28.8 Å². The smallest absolute Gasteiger partial charge is 0.224 e. The Morgan fingerprint density at radius 2 is 1.22 bits per heavy atom. The van der Waals surface area contributed by atoms with Crippen molar-refractivity contribution in [2.45, 2.75) is 23.9 Å². The van der Waals surface area contributed by atoms with Crippen LogP contribution >= 0.6 is 11.8 Å². The Morgan fingerprint density at radius 1 is 0.741 bits per heavy atom. The molecule has 6 heteroatoms. The van der Waals surface area contributed by atoms with Crippen LogP contribution in [0.5, 0.6) is 0 Å². The molecule has 0 aliphatic heterocycles. The number of nitrogens with one attached hydrogen (secondary N) is 2. The molecule has 3 aromatic carbocycles. The fraction of sp³-hybridized carbons (Fsp3) is 0.143. The van der Waals surface area contributed by atoms with Crippen molar-refractivity contribution in [1.82, 2.24) is 9.56 Å². The highest BCUT2D eigenvalue weighted by molar-refractivity contribution is 7.89. The van der Waals surface area contributed by atoms with Crippen molar-refractivity contribution >= 4 is 21.8 Å². The summed E-state index contributed by atoms with van der Waals surface area (Å²) in [5, 5.41) is 0. The lowest BCUT2D eigenvalue weighted by molar-refractivity contribution is 0.482. The monoisotopic (exact) mass is 400 g/mol. The van der Waals surface area contributed by atoms with Crippen molar-refractivity contribution in [3.63, 3.8) is 0 Å². The molecule has 0 aromatic heterocycles. The SMILES string of the molecule is Cc1ccc(S(=O)(=O)N[C@@H](c2ccccc2)[C@@H](NCl)c2ccccc2)cc1. The number of hydrogen-bond donors (Lipinski definition) is 2. The third-order valence-corrected chi connectivity index (χ3v) is 6.07. The van der Waals surface area contributed by atoms with Crippen LogP contribution in [0.3, 0.4) is 0 Å². The van der Waals surface area contributed by atoms with Gasteiger partial charge >= 0.3 is 0 Å². The number of sulfonamides is 1. The fourth-order valence-corrected chi connectivity index (χ4v) is 4.41. The average Bonchev–Trinajstić information content (AvgIpc) is 2.69. The third kappa shape index (κ3) is 4.76. The van der Waals surface area contributed by atoms with Crippen LogP contribution in [0.25, 0.3) is 0 Å². The summed E-state index contributed by atoms with van der Waals surface area (Å²) in [7, 11) is -3.74. The maximum absolute atomic E-state index is 13.0. The molecule has 2 atom stereocenters. The molecule has 0 radical (unpaired) electrons. The topological polar surface area (TPSA) is 58.2 Å². The molecule has 0 heterocycles. The van der Waals surface area contributed by atoms with Crippen LogP contribution in [0.15, 0.2) is 89.8 Å². The van der Waals surface area contributed by atoms with Gasteiger partial charge in [0.1, 0.15) is 0 Å². The number of aryl methyl sites for hydroxylation is 1. The lowest BCUT2D eigenvalue weighted by Gasteiger charge is -2.27. The number of benzene rings is 3. The van der Waals surface area contributed by atoms with E-state index in [0.717, 1.165) is 16.7 Å². The minimum atomic E-state index is -3.74. The van der Waals surface area contributed by atoms with Crippen LogP contribution in [0.4, 0.5) is 0 Å². The zero-order chi connectivity index (χ0) is 19.3. The summed E-state index contributed by atoms with van der Waals surface area (Å²) in [6.45, 7) is 1.92. The molecule has 3 rings (SSSR count). The van der Waals surface area contributed by atoms with Crippen LogP contribution in [0, 0.1) is 6.92 Å². The molecule has 0 amide bonds. The van der Waals surface area contributed by atoms with Gasteiger partial charge in [0, 0.05) is 0 Å². The van der Waals surface area contributed by atoms with Crippen molar-refractivity contribution in [2.24, 2.45) is 0 Å². The Kier molecular flexibility index (Phi) is 6.29. The number of halogens is 1. The van der Waals surface area contributed by atoms with Crippen molar-refractivity contribution in [2.75, 3.05) is 0 Å². The molecular formula is C21H21ClN2O2S. The molecule has 4 nitrogen and oxygen atoms in total. The van der Waals surface area contributed by atoms with E-state index in [9.17, 15) is 8.42 Å². The molecule has 0 saturated heterocycles. The molecule has 0 aliphatic rings. The predicted molar refractivity (Wildman–Crippen MR) is 109 cm³/mol. The first-order valence-electron chi connectivity index (χ1n) is 8.56. The second-order valence-corrected chi connectivity index (χ2v) is 8.25. The van der Waals surface area contributed by atoms with Crippen LogP contribution in [-0.4, -0.2) is 8.42 Å². The molecule has 27 heavy (non-hydrogen) atoms. The highest BCUT2D eigenvalue weighted by atomic mass is 35.5. The van der Waals surface area contributed by atoms with Gasteiger partial charge in [-0.3, -0.25) is 0 Å². The normalized spacial score (nSPS) is 13.9. The molecular weight excluding hydrogens is 380 g/mol. The van der Waals surface area contributed by atoms with Crippen LogP contribution in [0.2, 0.25) is 0 Å². The van der Waals surface area contributed by atoms with E-state index in [4.69, 9.17) is 11.8 Å². The van der Waals surface area contributed by atoms with Gasteiger partial charge in [-0.25, -0.2) is 18.0 Å². The Labute approximate surface area is 165 Å². The fourth-order valence-electron chi connectivity index (χ4n) is 2.92. The second kappa shape index (κ2) is 8.67. The van der Waals surface area contributed by atoms with Gasteiger partial charge in [0.25, 0.3) is 0 Å². The highest BCUT2D eigenvalue weighted by Crippen LogP contribution is 2.31. The predicted octanol–water partition coefficient (Wildman–Crippen LogP) is 4.50. The van der Waals surface area contributed by atoms with E-state index in [1.54, 1.807) is 24.3 Å². The van der Waals surface area contributed by atoms with Gasteiger partial charge in [0.15, 0.2) is 0 Å². The van der Waals surface area contributed by atoms with Gasteiger partial charge < -0.3 is 0 Å². The summed E-state index contributed by atoms with van der Waals surface area (Å²) in [5.41, 5.74) is 2.70. The molecule has 0 bridgehead atoms. The Morgan fingerprint density at radius 3 is 1.70 bits per heavy atom. The van der Waals surface area contributed by atoms with E-state index in [-0.39, 0.29) is 4.90 Å². The molecule has 0 aliphatic carbocycles. The highest BCUT2D eigenvalue weighted by Gasteiger charge is 2.29. The van der Waals surface area contributed by atoms with E-state index in [2.05, 4.69) is 9.56 Å². The van der Waals surface area contributed by atoms with Crippen LogP contribution in [-0.2, 0) is 10.0 Å². The quantitative estimate of drug-likeness (QED) is 0.574. The standard InChI is InChI=1S/C21H21ClN2O2S/c1-16-12-14-19(15-13-16)27(25,26)24-21(18-10-6-3-7-11-18)20(23-22)17-8-4-2-5-9-17/h2-15,20-21,23-24H,1H3/t20-,21-/m0/s1. The second-order valence-electron chi connectivity index (χ2n) is 6.32. The largest absolute Gasteiger partial charge is 0.241 e. The molecule has 0 saturated carbocycles. The van der Waals surface area contributed by atoms with E-state index < -0.39 is 22.1 Å².